The molecule has 1 amide bonds. The number of nitrogens with one attached hydrogen (secondary N) is 2. The number of carbonyl (C=O) groups excluding carboxylic acids is 1. The smallest absolute Gasteiger partial charge is 0.259 e. The molecule has 1 spiro atoms. The Labute approximate surface area is 202 Å². The summed E-state index contributed by atoms with van der Waals surface area (Å²) < 4.78 is 0. The molecule has 182 valence electrons. The Morgan fingerprint density at radius 1 is 1.03 bits per heavy atom. The number of hydrogen-bond donors (Lipinski definition) is 3. The van der Waals surface area contributed by atoms with Gasteiger partial charge in [0.1, 0.15) is 11.6 Å². The molecule has 3 fully saturated rings. The third-order valence-electron chi connectivity index (χ3n) is 7.64. The summed E-state index contributed by atoms with van der Waals surface area (Å²) in [6.07, 6.45) is 7.43. The second-order valence-electron chi connectivity index (χ2n) is 10.9. The number of nitrogens with zero attached hydrogens (tertiary/aromatic N) is 3. The van der Waals surface area contributed by atoms with Gasteiger partial charge in [-0.2, -0.15) is 0 Å². The zero-order valence-corrected chi connectivity index (χ0v) is 20.4. The lowest BCUT2D eigenvalue weighted by atomic mass is 9.93. The van der Waals surface area contributed by atoms with Gasteiger partial charge in [0, 0.05) is 37.6 Å². The second-order valence-corrected chi connectivity index (χ2v) is 10.9. The summed E-state index contributed by atoms with van der Waals surface area (Å²) in [7, 11) is 0. The molecule has 5 rings (SSSR count). The van der Waals surface area contributed by atoms with Gasteiger partial charge in [-0.3, -0.25) is 4.79 Å². The van der Waals surface area contributed by atoms with E-state index in [2.05, 4.69) is 32.6 Å². The summed E-state index contributed by atoms with van der Waals surface area (Å²) in [6.45, 7) is 7.84. The lowest BCUT2D eigenvalue weighted by molar-refractivity contribution is 0.102. The Kier molecular flexibility index (Phi) is 6.15. The zero-order valence-electron chi connectivity index (χ0n) is 20.4. The number of piperidine rings is 1. The molecule has 3 aliphatic rings. The van der Waals surface area contributed by atoms with Crippen LogP contribution in [0.5, 0.6) is 0 Å². The first-order chi connectivity index (χ1) is 16.4. The van der Waals surface area contributed by atoms with Gasteiger partial charge in [0.15, 0.2) is 0 Å². The van der Waals surface area contributed by atoms with Crippen LogP contribution in [0, 0.1) is 5.41 Å². The standard InChI is InChI=1S/C27H37N5O2/c1-26(2,19-33)30-23-9-8-22(24(29-23)32-16-12-27(10-11-27)13-17-32)25(34)28-20-6-5-7-21(18-20)31-14-3-4-15-31/h5-9,18,33H,3-4,10-17,19H2,1-2H3,(H,28,34)(H,29,30). The van der Waals surface area contributed by atoms with Gasteiger partial charge in [0.2, 0.25) is 0 Å². The molecule has 3 heterocycles. The van der Waals surface area contributed by atoms with Gasteiger partial charge >= 0.3 is 0 Å². The number of aliphatic hydroxyl groups excluding tert-OH is 1. The van der Waals surface area contributed by atoms with E-state index in [1.165, 1.54) is 25.7 Å². The van der Waals surface area contributed by atoms with E-state index in [4.69, 9.17) is 4.98 Å². The molecule has 7 heteroatoms. The molecular formula is C27H37N5O2. The maximum absolute atomic E-state index is 13.5. The minimum atomic E-state index is -0.496. The molecule has 2 saturated heterocycles. The van der Waals surface area contributed by atoms with E-state index in [0.717, 1.165) is 56.2 Å². The quantitative estimate of drug-likeness (QED) is 0.561. The van der Waals surface area contributed by atoms with Crippen molar-refractivity contribution in [1.82, 2.24) is 4.98 Å². The highest BCUT2D eigenvalue weighted by Crippen LogP contribution is 2.54. The summed E-state index contributed by atoms with van der Waals surface area (Å²) in [5.41, 5.74) is 2.60. The molecular weight excluding hydrogens is 426 g/mol. The number of amides is 1. The van der Waals surface area contributed by atoms with Crippen LogP contribution in [0.4, 0.5) is 23.0 Å². The monoisotopic (exact) mass is 463 g/mol. The highest BCUT2D eigenvalue weighted by Gasteiger charge is 2.45. The summed E-state index contributed by atoms with van der Waals surface area (Å²) in [5.74, 6) is 1.26. The van der Waals surface area contributed by atoms with Crippen molar-refractivity contribution in [2.45, 2.75) is 57.9 Å². The molecule has 3 N–H and O–H groups in total. The molecule has 1 aromatic carbocycles. The number of benzene rings is 1. The van der Waals surface area contributed by atoms with Crippen molar-refractivity contribution in [1.29, 1.82) is 0 Å². The van der Waals surface area contributed by atoms with Crippen molar-refractivity contribution < 1.29 is 9.90 Å². The van der Waals surface area contributed by atoms with Crippen LogP contribution in [-0.4, -0.2) is 54.3 Å². The Morgan fingerprint density at radius 2 is 1.76 bits per heavy atom. The second kappa shape index (κ2) is 9.10. The largest absolute Gasteiger partial charge is 0.394 e. The maximum Gasteiger partial charge on any atom is 0.259 e. The average Bonchev–Trinajstić information content (AvgIpc) is 3.35. The van der Waals surface area contributed by atoms with E-state index in [0.29, 0.717) is 16.8 Å². The number of aromatic nitrogens is 1. The van der Waals surface area contributed by atoms with Crippen LogP contribution >= 0.6 is 0 Å². The van der Waals surface area contributed by atoms with Crippen molar-refractivity contribution in [3.63, 3.8) is 0 Å². The summed E-state index contributed by atoms with van der Waals surface area (Å²) in [4.78, 5) is 23.0. The van der Waals surface area contributed by atoms with E-state index in [9.17, 15) is 9.90 Å². The normalized spacial score (nSPS) is 19.4. The van der Waals surface area contributed by atoms with Gasteiger partial charge in [-0.25, -0.2) is 4.98 Å². The highest BCUT2D eigenvalue weighted by atomic mass is 16.3. The third-order valence-corrected chi connectivity index (χ3v) is 7.64. The van der Waals surface area contributed by atoms with Gasteiger partial charge in [-0.05, 0) is 88.1 Å². The van der Waals surface area contributed by atoms with Crippen LogP contribution in [0.15, 0.2) is 36.4 Å². The Hall–Kier alpha value is -2.80. The van der Waals surface area contributed by atoms with Crippen molar-refractivity contribution >= 4 is 28.9 Å². The van der Waals surface area contributed by atoms with Gasteiger partial charge in [-0.15, -0.1) is 0 Å². The minimum Gasteiger partial charge on any atom is -0.394 e. The van der Waals surface area contributed by atoms with Crippen LogP contribution in [0.3, 0.4) is 0 Å². The van der Waals surface area contributed by atoms with Crippen LogP contribution < -0.4 is 20.4 Å². The van der Waals surface area contributed by atoms with Crippen molar-refractivity contribution in [3.05, 3.63) is 42.0 Å². The summed E-state index contributed by atoms with van der Waals surface area (Å²) in [6, 6.07) is 11.8. The lowest BCUT2D eigenvalue weighted by Gasteiger charge is -2.34. The van der Waals surface area contributed by atoms with Crippen LogP contribution in [0.1, 0.15) is 62.7 Å². The number of carbonyl (C=O) groups is 1. The molecule has 1 saturated carbocycles. The number of aliphatic hydroxyl groups is 1. The van der Waals surface area contributed by atoms with Crippen LogP contribution in [0.2, 0.25) is 0 Å². The lowest BCUT2D eigenvalue weighted by Crippen LogP contribution is -2.38. The first kappa shape index (κ1) is 23.0. The van der Waals surface area contributed by atoms with E-state index in [1.807, 2.05) is 38.1 Å². The third kappa shape index (κ3) is 4.99. The number of anilines is 4. The Balaban J connectivity index is 1.39. The Bertz CT molecular complexity index is 1030. The molecule has 0 bridgehead atoms. The predicted molar refractivity (Wildman–Crippen MR) is 138 cm³/mol. The van der Waals surface area contributed by atoms with E-state index >= 15 is 0 Å². The maximum atomic E-state index is 13.5. The summed E-state index contributed by atoms with van der Waals surface area (Å²) in [5, 5.41) is 16.1. The fourth-order valence-corrected chi connectivity index (χ4v) is 5.15. The molecule has 1 aromatic heterocycles. The van der Waals surface area contributed by atoms with Crippen molar-refractivity contribution in [2.24, 2.45) is 5.41 Å². The van der Waals surface area contributed by atoms with Crippen LogP contribution in [-0.2, 0) is 0 Å². The molecule has 1 aliphatic carbocycles. The minimum absolute atomic E-state index is 0.00809. The van der Waals surface area contributed by atoms with E-state index < -0.39 is 5.54 Å². The van der Waals surface area contributed by atoms with Crippen LogP contribution in [0.25, 0.3) is 0 Å². The molecule has 0 atom stereocenters. The molecule has 0 unspecified atom stereocenters. The number of hydrogen-bond acceptors (Lipinski definition) is 6. The molecule has 2 aromatic rings. The van der Waals surface area contributed by atoms with Crippen molar-refractivity contribution in [2.75, 3.05) is 53.2 Å². The fourth-order valence-electron chi connectivity index (χ4n) is 5.15. The molecule has 34 heavy (non-hydrogen) atoms. The van der Waals surface area contributed by atoms with Gasteiger partial charge in [0.25, 0.3) is 5.91 Å². The zero-order chi connectivity index (χ0) is 23.8. The highest BCUT2D eigenvalue weighted by molar-refractivity contribution is 6.08. The fraction of sp³-hybridized carbons (Fsp3) is 0.556. The van der Waals surface area contributed by atoms with Gasteiger partial charge in [0.05, 0.1) is 17.7 Å². The molecule has 7 nitrogen and oxygen atoms in total. The number of pyridine rings is 1. The number of rotatable bonds is 7. The predicted octanol–water partition coefficient (Wildman–Crippen LogP) is 4.50. The first-order valence-corrected chi connectivity index (χ1v) is 12.7. The van der Waals surface area contributed by atoms with E-state index in [-0.39, 0.29) is 12.5 Å². The SMILES string of the molecule is CC(C)(CO)Nc1ccc(C(=O)Nc2cccc(N3CCCC3)c2)c(N2CCC3(CC2)CC3)n1. The van der Waals surface area contributed by atoms with E-state index in [1.54, 1.807) is 0 Å². The van der Waals surface area contributed by atoms with Gasteiger partial charge < -0.3 is 25.5 Å². The average molecular weight is 464 g/mol. The van der Waals surface area contributed by atoms with Crippen molar-refractivity contribution in [3.8, 4) is 0 Å². The van der Waals surface area contributed by atoms with Gasteiger partial charge in [-0.1, -0.05) is 6.07 Å². The Morgan fingerprint density at radius 3 is 2.44 bits per heavy atom. The summed E-state index contributed by atoms with van der Waals surface area (Å²) >= 11 is 0. The topological polar surface area (TPSA) is 80.7 Å². The molecule has 0 radical (unpaired) electrons. The first-order valence-electron chi connectivity index (χ1n) is 12.7. The molecule has 2 aliphatic heterocycles.